The van der Waals surface area contributed by atoms with Crippen LogP contribution in [0.15, 0.2) is 43.0 Å². The molecule has 0 amide bonds. The van der Waals surface area contributed by atoms with Crippen molar-refractivity contribution in [1.82, 2.24) is 9.97 Å². The second kappa shape index (κ2) is 6.65. The Bertz CT molecular complexity index is 515. The lowest BCUT2D eigenvalue weighted by Gasteiger charge is -2.23. The highest BCUT2D eigenvalue weighted by Gasteiger charge is 2.17. The third-order valence-electron chi connectivity index (χ3n) is 3.76. The zero-order valence-electron chi connectivity index (χ0n) is 12.9. The maximum absolute atomic E-state index is 4.08. The number of rotatable bonds is 5. The molecule has 0 aliphatic heterocycles. The monoisotopic (exact) mass is 268 g/mol. The van der Waals surface area contributed by atoms with Crippen molar-refractivity contribution in [3.05, 3.63) is 48.5 Å². The highest BCUT2D eigenvalue weighted by Crippen LogP contribution is 2.32. The van der Waals surface area contributed by atoms with Crippen molar-refractivity contribution < 1.29 is 0 Å². The van der Waals surface area contributed by atoms with Crippen LogP contribution in [-0.4, -0.2) is 9.97 Å². The van der Waals surface area contributed by atoms with E-state index in [1.807, 2.05) is 12.4 Å². The van der Waals surface area contributed by atoms with E-state index in [4.69, 9.17) is 0 Å². The lowest BCUT2D eigenvalue weighted by Crippen LogP contribution is -2.09. The van der Waals surface area contributed by atoms with Crippen LogP contribution in [0.2, 0.25) is 0 Å². The van der Waals surface area contributed by atoms with Crippen LogP contribution >= 0.6 is 0 Å². The minimum absolute atomic E-state index is 0.635. The SMILES string of the molecule is CC(C)CC(c1ccc(-c2cncnc2)cc1)C(C)C. The molecule has 1 atom stereocenters. The number of benzene rings is 1. The molecule has 2 nitrogen and oxygen atoms in total. The van der Waals surface area contributed by atoms with E-state index in [-0.39, 0.29) is 0 Å². The molecule has 106 valence electrons. The van der Waals surface area contributed by atoms with Crippen LogP contribution < -0.4 is 0 Å². The summed E-state index contributed by atoms with van der Waals surface area (Å²) in [6.07, 6.45) is 6.52. The van der Waals surface area contributed by atoms with E-state index in [2.05, 4.69) is 61.9 Å². The van der Waals surface area contributed by atoms with Crippen molar-refractivity contribution in [2.45, 2.75) is 40.0 Å². The molecule has 1 aromatic heterocycles. The predicted molar refractivity (Wildman–Crippen MR) is 84.5 cm³/mol. The Balaban J connectivity index is 2.22. The van der Waals surface area contributed by atoms with Crippen LogP contribution in [0.3, 0.4) is 0 Å². The zero-order valence-corrected chi connectivity index (χ0v) is 12.9. The molecular formula is C18H24N2. The lowest BCUT2D eigenvalue weighted by molar-refractivity contribution is 0.408. The summed E-state index contributed by atoms with van der Waals surface area (Å²) in [4.78, 5) is 8.15. The first-order chi connectivity index (χ1) is 9.58. The summed E-state index contributed by atoms with van der Waals surface area (Å²) in [5.74, 6) is 2.03. The molecule has 1 aromatic carbocycles. The van der Waals surface area contributed by atoms with Crippen LogP contribution in [0.5, 0.6) is 0 Å². The van der Waals surface area contributed by atoms with E-state index >= 15 is 0 Å². The Labute approximate surface area is 122 Å². The van der Waals surface area contributed by atoms with Gasteiger partial charge in [0.05, 0.1) is 0 Å². The predicted octanol–water partition coefficient (Wildman–Crippen LogP) is 4.93. The molecule has 1 unspecified atom stereocenters. The van der Waals surface area contributed by atoms with E-state index in [9.17, 15) is 0 Å². The highest BCUT2D eigenvalue weighted by atomic mass is 14.8. The van der Waals surface area contributed by atoms with Gasteiger partial charge in [0, 0.05) is 18.0 Å². The number of hydrogen-bond donors (Lipinski definition) is 0. The number of nitrogens with zero attached hydrogens (tertiary/aromatic N) is 2. The van der Waals surface area contributed by atoms with Crippen molar-refractivity contribution in [2.24, 2.45) is 11.8 Å². The van der Waals surface area contributed by atoms with E-state index in [0.717, 1.165) is 11.5 Å². The molecule has 0 spiro atoms. The van der Waals surface area contributed by atoms with Crippen LogP contribution in [0, 0.1) is 11.8 Å². The molecule has 20 heavy (non-hydrogen) atoms. The molecule has 0 bridgehead atoms. The summed E-state index contributed by atoms with van der Waals surface area (Å²) in [7, 11) is 0. The summed E-state index contributed by atoms with van der Waals surface area (Å²) in [6, 6.07) is 8.89. The maximum atomic E-state index is 4.08. The lowest BCUT2D eigenvalue weighted by atomic mass is 9.82. The largest absolute Gasteiger partial charge is 0.244 e. The van der Waals surface area contributed by atoms with Crippen LogP contribution in [0.25, 0.3) is 11.1 Å². The van der Waals surface area contributed by atoms with Gasteiger partial charge in [-0.25, -0.2) is 9.97 Å². The number of aromatic nitrogens is 2. The van der Waals surface area contributed by atoms with Gasteiger partial charge in [-0.1, -0.05) is 52.0 Å². The van der Waals surface area contributed by atoms with Gasteiger partial charge in [-0.3, -0.25) is 0 Å². The minimum Gasteiger partial charge on any atom is -0.244 e. The van der Waals surface area contributed by atoms with Crippen LogP contribution in [0.4, 0.5) is 0 Å². The van der Waals surface area contributed by atoms with E-state index in [1.165, 1.54) is 17.5 Å². The maximum Gasteiger partial charge on any atom is 0.115 e. The topological polar surface area (TPSA) is 25.8 Å². The fourth-order valence-electron chi connectivity index (χ4n) is 2.67. The Morgan fingerprint density at radius 3 is 1.95 bits per heavy atom. The molecular weight excluding hydrogens is 244 g/mol. The van der Waals surface area contributed by atoms with Gasteiger partial charge in [0.1, 0.15) is 6.33 Å². The van der Waals surface area contributed by atoms with Gasteiger partial charge < -0.3 is 0 Å². The summed E-state index contributed by atoms with van der Waals surface area (Å²) in [5.41, 5.74) is 3.69. The molecule has 0 radical (unpaired) electrons. The fraction of sp³-hybridized carbons (Fsp3) is 0.444. The Morgan fingerprint density at radius 2 is 1.45 bits per heavy atom. The quantitative estimate of drug-likeness (QED) is 0.768. The van der Waals surface area contributed by atoms with Gasteiger partial charge in [-0.05, 0) is 35.3 Å². The average Bonchev–Trinajstić information content (AvgIpc) is 2.45. The summed E-state index contributed by atoms with van der Waals surface area (Å²) < 4.78 is 0. The van der Waals surface area contributed by atoms with Crippen molar-refractivity contribution >= 4 is 0 Å². The molecule has 0 saturated carbocycles. The van der Waals surface area contributed by atoms with Crippen LogP contribution in [0.1, 0.15) is 45.6 Å². The summed E-state index contributed by atoms with van der Waals surface area (Å²) in [6.45, 7) is 9.22. The van der Waals surface area contributed by atoms with E-state index < -0.39 is 0 Å². The van der Waals surface area contributed by atoms with Crippen molar-refractivity contribution in [3.63, 3.8) is 0 Å². The van der Waals surface area contributed by atoms with Crippen molar-refractivity contribution in [2.75, 3.05) is 0 Å². The van der Waals surface area contributed by atoms with Crippen molar-refractivity contribution in [1.29, 1.82) is 0 Å². The molecule has 2 rings (SSSR count). The Kier molecular flexibility index (Phi) is 4.89. The molecule has 2 heteroatoms. The third-order valence-corrected chi connectivity index (χ3v) is 3.76. The van der Waals surface area contributed by atoms with Crippen molar-refractivity contribution in [3.8, 4) is 11.1 Å². The smallest absolute Gasteiger partial charge is 0.115 e. The fourth-order valence-corrected chi connectivity index (χ4v) is 2.67. The number of hydrogen-bond acceptors (Lipinski definition) is 2. The van der Waals surface area contributed by atoms with E-state index in [1.54, 1.807) is 6.33 Å². The first kappa shape index (κ1) is 14.7. The second-order valence-corrected chi connectivity index (χ2v) is 6.23. The van der Waals surface area contributed by atoms with Gasteiger partial charge in [0.25, 0.3) is 0 Å². The van der Waals surface area contributed by atoms with Gasteiger partial charge in [0.15, 0.2) is 0 Å². The Hall–Kier alpha value is -1.70. The van der Waals surface area contributed by atoms with Gasteiger partial charge in [0.2, 0.25) is 0 Å². The first-order valence-corrected chi connectivity index (χ1v) is 7.43. The second-order valence-electron chi connectivity index (χ2n) is 6.23. The van der Waals surface area contributed by atoms with E-state index in [0.29, 0.717) is 11.8 Å². The normalized spacial score (nSPS) is 12.9. The standard InChI is InChI=1S/C18H24N2/c1-13(2)9-18(14(3)4)16-7-5-15(6-8-16)17-10-19-12-20-11-17/h5-8,10-14,18H,9H2,1-4H3. The highest BCUT2D eigenvalue weighted by molar-refractivity contribution is 5.61. The molecule has 0 aliphatic rings. The molecule has 0 aliphatic carbocycles. The molecule has 1 heterocycles. The Morgan fingerprint density at radius 1 is 0.850 bits per heavy atom. The first-order valence-electron chi connectivity index (χ1n) is 7.43. The average molecular weight is 268 g/mol. The molecule has 0 saturated heterocycles. The van der Waals surface area contributed by atoms with Gasteiger partial charge >= 0.3 is 0 Å². The molecule has 2 aromatic rings. The zero-order chi connectivity index (χ0) is 14.5. The van der Waals surface area contributed by atoms with Gasteiger partial charge in [-0.15, -0.1) is 0 Å². The molecule has 0 N–H and O–H groups in total. The summed E-state index contributed by atoms with van der Waals surface area (Å²) in [5, 5.41) is 0. The van der Waals surface area contributed by atoms with Crippen LogP contribution in [-0.2, 0) is 0 Å². The molecule has 0 fully saturated rings. The third kappa shape index (κ3) is 3.66. The minimum atomic E-state index is 0.635. The van der Waals surface area contributed by atoms with Gasteiger partial charge in [-0.2, -0.15) is 0 Å². The summed E-state index contributed by atoms with van der Waals surface area (Å²) >= 11 is 0.